The maximum Gasteiger partial charge on any atom is 0.332 e. The van der Waals surface area contributed by atoms with Gasteiger partial charge < -0.3 is 14.6 Å². The van der Waals surface area contributed by atoms with Crippen LogP contribution < -0.4 is 0 Å². The molecule has 0 radical (unpaired) electrons. The topological polar surface area (TPSA) is 72.8 Å². The highest BCUT2D eigenvalue weighted by atomic mass is 16.7. The van der Waals surface area contributed by atoms with E-state index in [2.05, 4.69) is 0 Å². The summed E-state index contributed by atoms with van der Waals surface area (Å²) in [4.78, 5) is 21.1. The molecule has 0 bridgehead atoms. The molecule has 0 saturated carbocycles. The number of esters is 1. The van der Waals surface area contributed by atoms with Gasteiger partial charge in [-0.3, -0.25) is 4.79 Å². The summed E-state index contributed by atoms with van der Waals surface area (Å²) >= 11 is 0. The molecule has 0 aromatic rings. The lowest BCUT2D eigenvalue weighted by molar-refractivity contribution is -0.174. The second-order valence-electron chi connectivity index (χ2n) is 3.02. The summed E-state index contributed by atoms with van der Waals surface area (Å²) in [5, 5.41) is 8.57. The Kier molecular flexibility index (Phi) is 1.54. The molecule has 3 atom stereocenters. The first kappa shape index (κ1) is 7.54. The zero-order valence-electron chi connectivity index (χ0n) is 6.23. The van der Waals surface area contributed by atoms with Crippen LogP contribution in [0, 0.1) is 5.92 Å². The molecule has 0 spiro atoms. The number of hydrogen-bond acceptors (Lipinski definition) is 4. The lowest BCUT2D eigenvalue weighted by Crippen LogP contribution is -2.21. The van der Waals surface area contributed by atoms with Crippen LogP contribution in [0.3, 0.4) is 0 Å². The fourth-order valence-corrected chi connectivity index (χ4v) is 1.57. The van der Waals surface area contributed by atoms with Crippen LogP contribution in [0.25, 0.3) is 0 Å². The van der Waals surface area contributed by atoms with E-state index < -0.39 is 18.4 Å². The maximum absolute atomic E-state index is 10.7. The van der Waals surface area contributed by atoms with Crippen LogP contribution >= 0.6 is 0 Å². The number of rotatable bonds is 1. The van der Waals surface area contributed by atoms with Gasteiger partial charge in [-0.25, -0.2) is 4.79 Å². The molecule has 1 N–H and O–H groups in total. The molecular formula is C7H8O5. The summed E-state index contributed by atoms with van der Waals surface area (Å²) in [5.41, 5.74) is 0. The van der Waals surface area contributed by atoms with E-state index in [1.807, 2.05) is 0 Å². The molecule has 0 aromatic carbocycles. The van der Waals surface area contributed by atoms with Crippen molar-refractivity contribution in [1.82, 2.24) is 0 Å². The standard InChI is InChI=1S/C7H8O5/c8-5-2-3-1-4(6(9)10)11-7(3)12-5/h3-4,7H,1-2H2,(H,9,10)/t3-,4+,7+/m0/s1. The molecule has 2 heterocycles. The van der Waals surface area contributed by atoms with E-state index in [1.165, 1.54) is 0 Å². The zero-order chi connectivity index (χ0) is 8.72. The first-order chi connectivity index (χ1) is 5.66. The van der Waals surface area contributed by atoms with E-state index in [0.29, 0.717) is 6.42 Å². The predicted octanol–water partition coefficient (Wildman–Crippen LogP) is -0.251. The molecule has 0 unspecified atom stereocenters. The average molecular weight is 172 g/mol. The van der Waals surface area contributed by atoms with Gasteiger partial charge in [0.2, 0.25) is 6.29 Å². The van der Waals surface area contributed by atoms with Gasteiger partial charge in [0.05, 0.1) is 6.42 Å². The average Bonchev–Trinajstić information content (AvgIpc) is 2.42. The van der Waals surface area contributed by atoms with E-state index in [4.69, 9.17) is 14.6 Å². The van der Waals surface area contributed by atoms with Crippen molar-refractivity contribution in [2.24, 2.45) is 5.92 Å². The fraction of sp³-hybridized carbons (Fsp3) is 0.714. The highest BCUT2D eigenvalue weighted by Crippen LogP contribution is 2.35. The number of carbonyl (C=O) groups is 2. The molecule has 0 aromatic heterocycles. The molecule has 66 valence electrons. The van der Waals surface area contributed by atoms with Crippen molar-refractivity contribution in [3.05, 3.63) is 0 Å². The van der Waals surface area contributed by atoms with Crippen LogP contribution in [0.15, 0.2) is 0 Å². The first-order valence-electron chi connectivity index (χ1n) is 3.74. The van der Waals surface area contributed by atoms with Gasteiger partial charge in [0.25, 0.3) is 0 Å². The molecule has 5 nitrogen and oxygen atoms in total. The van der Waals surface area contributed by atoms with Crippen LogP contribution in [0.1, 0.15) is 12.8 Å². The van der Waals surface area contributed by atoms with Gasteiger partial charge in [0.15, 0.2) is 6.10 Å². The predicted molar refractivity (Wildman–Crippen MR) is 35.1 cm³/mol. The van der Waals surface area contributed by atoms with Gasteiger partial charge in [-0.1, -0.05) is 0 Å². The van der Waals surface area contributed by atoms with Gasteiger partial charge >= 0.3 is 11.9 Å². The molecule has 2 aliphatic rings. The second kappa shape index (κ2) is 2.45. The first-order valence-corrected chi connectivity index (χ1v) is 3.74. The third-order valence-corrected chi connectivity index (χ3v) is 2.15. The molecule has 0 amide bonds. The summed E-state index contributed by atoms with van der Waals surface area (Å²) in [5.74, 6) is -1.34. The summed E-state index contributed by atoms with van der Waals surface area (Å²) in [6.07, 6.45) is -0.744. The van der Waals surface area contributed by atoms with Crippen LogP contribution in [0.4, 0.5) is 0 Å². The van der Waals surface area contributed by atoms with Gasteiger partial charge in [-0.15, -0.1) is 0 Å². The number of carboxylic acid groups (broad SMARTS) is 1. The maximum atomic E-state index is 10.7. The third kappa shape index (κ3) is 1.06. The third-order valence-electron chi connectivity index (χ3n) is 2.15. The summed E-state index contributed by atoms with van der Waals surface area (Å²) in [6, 6.07) is 0. The van der Waals surface area contributed by atoms with E-state index in [9.17, 15) is 9.59 Å². The molecule has 0 aliphatic carbocycles. The minimum Gasteiger partial charge on any atom is -0.479 e. The van der Waals surface area contributed by atoms with Crippen molar-refractivity contribution in [2.75, 3.05) is 0 Å². The van der Waals surface area contributed by atoms with E-state index in [0.717, 1.165) is 0 Å². The smallest absolute Gasteiger partial charge is 0.332 e. The van der Waals surface area contributed by atoms with Crippen molar-refractivity contribution < 1.29 is 24.2 Å². The van der Waals surface area contributed by atoms with Crippen LogP contribution in [-0.4, -0.2) is 29.4 Å². The van der Waals surface area contributed by atoms with E-state index in [1.54, 1.807) is 0 Å². The quantitative estimate of drug-likeness (QED) is 0.552. The van der Waals surface area contributed by atoms with Gasteiger partial charge in [-0.05, 0) is 6.42 Å². The molecule has 2 aliphatic heterocycles. The van der Waals surface area contributed by atoms with Crippen molar-refractivity contribution in [1.29, 1.82) is 0 Å². The minimum absolute atomic E-state index is 0.0569. The lowest BCUT2D eigenvalue weighted by Gasteiger charge is -2.07. The number of fused-ring (bicyclic) bond motifs is 1. The second-order valence-corrected chi connectivity index (χ2v) is 3.02. The monoisotopic (exact) mass is 172 g/mol. The summed E-state index contributed by atoms with van der Waals surface area (Å²) < 4.78 is 9.72. The number of aliphatic carboxylic acids is 1. The zero-order valence-corrected chi connectivity index (χ0v) is 6.23. The minimum atomic E-state index is -0.986. The largest absolute Gasteiger partial charge is 0.479 e. The van der Waals surface area contributed by atoms with Gasteiger partial charge in [0, 0.05) is 5.92 Å². The Morgan fingerprint density at radius 1 is 1.58 bits per heavy atom. The fourth-order valence-electron chi connectivity index (χ4n) is 1.57. The summed E-state index contributed by atoms with van der Waals surface area (Å²) in [6.45, 7) is 0. The highest BCUT2D eigenvalue weighted by Gasteiger charge is 2.46. The van der Waals surface area contributed by atoms with Gasteiger partial charge in [-0.2, -0.15) is 0 Å². The molecular weight excluding hydrogens is 164 g/mol. The number of ether oxygens (including phenoxy) is 2. The van der Waals surface area contributed by atoms with Crippen LogP contribution in [0.5, 0.6) is 0 Å². The van der Waals surface area contributed by atoms with Crippen molar-refractivity contribution in [2.45, 2.75) is 25.2 Å². The normalized spacial score (nSPS) is 39.3. The Morgan fingerprint density at radius 2 is 2.33 bits per heavy atom. The highest BCUT2D eigenvalue weighted by molar-refractivity contribution is 5.75. The Bertz CT molecular complexity index is 220. The van der Waals surface area contributed by atoms with Crippen LogP contribution in [-0.2, 0) is 19.1 Å². The number of carboxylic acids is 1. The van der Waals surface area contributed by atoms with Crippen molar-refractivity contribution in [3.63, 3.8) is 0 Å². The van der Waals surface area contributed by atoms with Gasteiger partial charge in [0.1, 0.15) is 0 Å². The summed E-state index contributed by atoms with van der Waals surface area (Å²) in [7, 11) is 0. The molecule has 12 heavy (non-hydrogen) atoms. The molecule has 5 heteroatoms. The Hall–Kier alpha value is -1.10. The molecule has 2 saturated heterocycles. The van der Waals surface area contributed by atoms with Crippen molar-refractivity contribution >= 4 is 11.9 Å². The van der Waals surface area contributed by atoms with E-state index in [-0.39, 0.29) is 18.3 Å². The molecule has 2 rings (SSSR count). The van der Waals surface area contributed by atoms with Crippen molar-refractivity contribution in [3.8, 4) is 0 Å². The molecule has 2 fully saturated rings. The Balaban J connectivity index is 2.02. The Labute approximate surface area is 68.3 Å². The number of carbonyl (C=O) groups excluding carboxylic acids is 1. The van der Waals surface area contributed by atoms with E-state index >= 15 is 0 Å². The Morgan fingerprint density at radius 3 is 2.92 bits per heavy atom. The lowest BCUT2D eigenvalue weighted by atomic mass is 10.0. The number of hydrogen-bond donors (Lipinski definition) is 1. The SMILES string of the molecule is O=C1C[C@@H]2C[C@H](C(=O)O)O[C@@H]2O1. The van der Waals surface area contributed by atoms with Crippen LogP contribution in [0.2, 0.25) is 0 Å².